The predicted octanol–water partition coefficient (Wildman–Crippen LogP) is 2.81. The van der Waals surface area contributed by atoms with E-state index >= 15 is 0 Å². The Morgan fingerprint density at radius 2 is 2.29 bits per heavy atom. The molecule has 0 saturated heterocycles. The fourth-order valence-electron chi connectivity index (χ4n) is 1.61. The molecule has 1 atom stereocenters. The minimum atomic E-state index is 0.408. The van der Waals surface area contributed by atoms with E-state index in [1.807, 2.05) is 10.6 Å². The highest BCUT2D eigenvalue weighted by atomic mass is 79.9. The first-order valence-electron chi connectivity index (χ1n) is 5.39. The number of nitrogens with one attached hydrogen (secondary N) is 1. The van der Waals surface area contributed by atoms with Gasteiger partial charge in [-0.2, -0.15) is 0 Å². The number of hydrogen-bond acceptors (Lipinski definition) is 3. The summed E-state index contributed by atoms with van der Waals surface area (Å²) in [6, 6.07) is 2.40. The highest BCUT2D eigenvalue weighted by Gasteiger charge is 2.11. The van der Waals surface area contributed by atoms with Crippen molar-refractivity contribution in [1.82, 2.24) is 19.4 Å². The highest BCUT2D eigenvalue weighted by Crippen LogP contribution is 2.17. The van der Waals surface area contributed by atoms with E-state index in [-0.39, 0.29) is 0 Å². The van der Waals surface area contributed by atoms with Gasteiger partial charge in [0.1, 0.15) is 0 Å². The van der Waals surface area contributed by atoms with Gasteiger partial charge in [0.15, 0.2) is 10.4 Å². The lowest BCUT2D eigenvalue weighted by Crippen LogP contribution is -2.29. The Hall–Kier alpha value is -0.720. The zero-order valence-corrected chi connectivity index (χ0v) is 12.5. The van der Waals surface area contributed by atoms with E-state index in [0.29, 0.717) is 6.04 Å². The molecule has 0 fully saturated rings. The molecule has 0 aromatic carbocycles. The second-order valence-electron chi connectivity index (χ2n) is 4.38. The Morgan fingerprint density at radius 3 is 2.94 bits per heavy atom. The van der Waals surface area contributed by atoms with Crippen molar-refractivity contribution in [3.63, 3.8) is 0 Å². The maximum absolute atomic E-state index is 5.33. The third-order valence-corrected chi connectivity index (χ3v) is 3.66. The molecule has 2 rings (SSSR count). The predicted molar refractivity (Wildman–Crippen MR) is 75.8 cm³/mol. The molecular weight excluding hydrogens is 300 g/mol. The molecule has 6 heteroatoms. The van der Waals surface area contributed by atoms with Crippen molar-refractivity contribution in [2.45, 2.75) is 19.5 Å². The molecule has 0 aliphatic carbocycles. The van der Waals surface area contributed by atoms with Crippen LogP contribution in [0.2, 0.25) is 0 Å². The molecule has 17 heavy (non-hydrogen) atoms. The Kier molecular flexibility index (Phi) is 3.65. The second-order valence-corrected chi connectivity index (χ2v) is 5.68. The van der Waals surface area contributed by atoms with Crippen molar-refractivity contribution in [3.05, 3.63) is 21.5 Å². The van der Waals surface area contributed by atoms with Crippen molar-refractivity contribution < 1.29 is 0 Å². The number of aromatic nitrogens is 3. The van der Waals surface area contributed by atoms with Gasteiger partial charge in [0.05, 0.1) is 5.52 Å². The van der Waals surface area contributed by atoms with Crippen LogP contribution >= 0.6 is 28.1 Å². The van der Waals surface area contributed by atoms with Crippen LogP contribution in [0.25, 0.3) is 11.2 Å². The number of halogens is 1. The molecular formula is C11H15BrN4S. The fraction of sp³-hybridized carbons (Fsp3) is 0.455. The Balaban J connectivity index is 2.47. The summed E-state index contributed by atoms with van der Waals surface area (Å²) >= 11 is 8.74. The molecule has 0 saturated carbocycles. The minimum absolute atomic E-state index is 0.408. The summed E-state index contributed by atoms with van der Waals surface area (Å²) in [5.41, 5.74) is 1.88. The molecule has 1 unspecified atom stereocenters. The Morgan fingerprint density at radius 1 is 1.59 bits per heavy atom. The third-order valence-electron chi connectivity index (χ3n) is 2.90. The normalized spacial score (nSPS) is 13.5. The van der Waals surface area contributed by atoms with Crippen molar-refractivity contribution in [2.75, 3.05) is 14.1 Å². The number of H-pyrrole nitrogens is 1. The quantitative estimate of drug-likeness (QED) is 0.885. The summed E-state index contributed by atoms with van der Waals surface area (Å²) in [6.07, 6.45) is 1.79. The molecule has 92 valence electrons. The van der Waals surface area contributed by atoms with Crippen LogP contribution in [0.5, 0.6) is 0 Å². The second kappa shape index (κ2) is 4.88. The van der Waals surface area contributed by atoms with Gasteiger partial charge in [-0.05, 0) is 55.2 Å². The SMILES string of the molecule is CC(Cn1c(=S)[nH]c2cc(Br)cnc21)N(C)C. The van der Waals surface area contributed by atoms with Crippen molar-refractivity contribution in [2.24, 2.45) is 0 Å². The molecule has 2 aromatic heterocycles. The molecule has 2 aromatic rings. The van der Waals surface area contributed by atoms with Crippen LogP contribution < -0.4 is 0 Å². The van der Waals surface area contributed by atoms with E-state index in [9.17, 15) is 0 Å². The number of hydrogen-bond donors (Lipinski definition) is 1. The van der Waals surface area contributed by atoms with E-state index in [4.69, 9.17) is 12.2 Å². The van der Waals surface area contributed by atoms with Crippen LogP contribution in [0.15, 0.2) is 16.7 Å². The molecule has 0 amide bonds. The molecule has 4 nitrogen and oxygen atoms in total. The summed E-state index contributed by atoms with van der Waals surface area (Å²) in [7, 11) is 4.13. The Labute approximate surface area is 114 Å². The lowest BCUT2D eigenvalue weighted by atomic mass is 10.3. The molecule has 0 bridgehead atoms. The summed E-state index contributed by atoms with van der Waals surface area (Å²) < 4.78 is 3.72. The summed E-state index contributed by atoms with van der Waals surface area (Å²) in [5.74, 6) is 0. The van der Waals surface area contributed by atoms with E-state index in [2.05, 4.69) is 51.8 Å². The topological polar surface area (TPSA) is 36.9 Å². The van der Waals surface area contributed by atoms with E-state index < -0.39 is 0 Å². The fourth-order valence-corrected chi connectivity index (χ4v) is 2.22. The number of fused-ring (bicyclic) bond motifs is 1. The van der Waals surface area contributed by atoms with Crippen LogP contribution in [-0.2, 0) is 6.54 Å². The van der Waals surface area contributed by atoms with Gasteiger partial charge in [0.25, 0.3) is 0 Å². The van der Waals surface area contributed by atoms with Crippen LogP contribution in [0, 0.1) is 4.77 Å². The van der Waals surface area contributed by atoms with Crippen LogP contribution in [0.4, 0.5) is 0 Å². The van der Waals surface area contributed by atoms with E-state index in [1.165, 1.54) is 0 Å². The van der Waals surface area contributed by atoms with Crippen molar-refractivity contribution in [1.29, 1.82) is 0 Å². The van der Waals surface area contributed by atoms with Crippen LogP contribution in [-0.4, -0.2) is 39.6 Å². The summed E-state index contributed by atoms with van der Waals surface area (Å²) in [5, 5.41) is 0. The highest BCUT2D eigenvalue weighted by molar-refractivity contribution is 9.10. The number of likely N-dealkylation sites (N-methyl/N-ethyl adjacent to an activating group) is 1. The van der Waals surface area contributed by atoms with Gasteiger partial charge >= 0.3 is 0 Å². The first-order valence-corrected chi connectivity index (χ1v) is 6.59. The zero-order chi connectivity index (χ0) is 12.6. The number of imidazole rings is 1. The number of rotatable bonds is 3. The monoisotopic (exact) mass is 314 g/mol. The molecule has 0 radical (unpaired) electrons. The Bertz CT molecular complexity index is 587. The van der Waals surface area contributed by atoms with Gasteiger partial charge in [-0.1, -0.05) is 0 Å². The van der Waals surface area contributed by atoms with Crippen molar-refractivity contribution >= 4 is 39.3 Å². The largest absolute Gasteiger partial charge is 0.329 e. The smallest absolute Gasteiger partial charge is 0.179 e. The average Bonchev–Trinajstić information content (AvgIpc) is 2.54. The number of pyridine rings is 1. The maximum Gasteiger partial charge on any atom is 0.179 e. The molecule has 0 spiro atoms. The standard InChI is InChI=1S/C11H15BrN4S/c1-7(15(2)3)6-16-10-9(14-11(16)17)4-8(12)5-13-10/h4-5,7H,6H2,1-3H3,(H,14,17). The van der Waals surface area contributed by atoms with Gasteiger partial charge in [-0.15, -0.1) is 0 Å². The lowest BCUT2D eigenvalue weighted by Gasteiger charge is -2.20. The lowest BCUT2D eigenvalue weighted by molar-refractivity contribution is 0.285. The van der Waals surface area contributed by atoms with Gasteiger partial charge in [0, 0.05) is 23.3 Å². The third kappa shape index (κ3) is 2.59. The summed E-state index contributed by atoms with van der Waals surface area (Å²) in [4.78, 5) is 9.76. The minimum Gasteiger partial charge on any atom is -0.329 e. The van der Waals surface area contributed by atoms with E-state index in [0.717, 1.165) is 27.0 Å². The van der Waals surface area contributed by atoms with Crippen LogP contribution in [0.3, 0.4) is 0 Å². The molecule has 0 aliphatic heterocycles. The zero-order valence-electron chi connectivity index (χ0n) is 10.1. The summed E-state index contributed by atoms with van der Waals surface area (Å²) in [6.45, 7) is 3.00. The van der Waals surface area contributed by atoms with Crippen molar-refractivity contribution in [3.8, 4) is 0 Å². The first kappa shape index (κ1) is 12.7. The average molecular weight is 315 g/mol. The van der Waals surface area contributed by atoms with Gasteiger partial charge in [-0.3, -0.25) is 4.57 Å². The molecule has 0 aliphatic rings. The van der Waals surface area contributed by atoms with E-state index in [1.54, 1.807) is 6.20 Å². The van der Waals surface area contributed by atoms with Gasteiger partial charge in [-0.25, -0.2) is 4.98 Å². The van der Waals surface area contributed by atoms with Gasteiger partial charge < -0.3 is 9.88 Å². The number of nitrogens with zero attached hydrogens (tertiary/aromatic N) is 3. The maximum atomic E-state index is 5.33. The van der Waals surface area contributed by atoms with Crippen LogP contribution in [0.1, 0.15) is 6.92 Å². The van der Waals surface area contributed by atoms with Gasteiger partial charge in [0.2, 0.25) is 0 Å². The number of aromatic amines is 1. The molecule has 2 heterocycles. The molecule has 1 N–H and O–H groups in total. The first-order chi connectivity index (χ1) is 7.99.